The highest BCUT2D eigenvalue weighted by Crippen LogP contribution is 2.21. The van der Waals surface area contributed by atoms with Crippen molar-refractivity contribution < 1.29 is 14.7 Å². The van der Waals surface area contributed by atoms with Gasteiger partial charge in [-0.2, -0.15) is 11.8 Å². The van der Waals surface area contributed by atoms with Crippen LogP contribution in [-0.4, -0.2) is 35.0 Å². The highest BCUT2D eigenvalue weighted by molar-refractivity contribution is 7.99. The molecule has 1 aliphatic rings. The van der Waals surface area contributed by atoms with Crippen molar-refractivity contribution in [1.82, 2.24) is 5.32 Å². The molecule has 0 aromatic carbocycles. The molecule has 1 fully saturated rings. The van der Waals surface area contributed by atoms with Gasteiger partial charge in [-0.1, -0.05) is 0 Å². The van der Waals surface area contributed by atoms with Gasteiger partial charge in [-0.3, -0.25) is 9.59 Å². The Kier molecular flexibility index (Phi) is 7.08. The molecule has 0 bridgehead atoms. The van der Waals surface area contributed by atoms with Gasteiger partial charge in [0.1, 0.15) is 0 Å². The standard InChI is InChI=1S/C12H21NO3S/c14-11(3-1-2-4-12(15)16)13-9-10-5-7-17-8-6-10/h10H,1-9H2,(H,13,14)(H,15,16). The number of carboxylic acids is 1. The van der Waals surface area contributed by atoms with Gasteiger partial charge in [-0.25, -0.2) is 0 Å². The number of rotatable bonds is 7. The monoisotopic (exact) mass is 259 g/mol. The third-order valence-electron chi connectivity index (χ3n) is 2.97. The third-order valence-corrected chi connectivity index (χ3v) is 4.02. The molecule has 98 valence electrons. The predicted molar refractivity (Wildman–Crippen MR) is 69.2 cm³/mol. The number of carbonyl (C=O) groups excluding carboxylic acids is 1. The minimum Gasteiger partial charge on any atom is -0.481 e. The van der Waals surface area contributed by atoms with Gasteiger partial charge in [-0.05, 0) is 43.1 Å². The van der Waals surface area contributed by atoms with Crippen LogP contribution >= 0.6 is 11.8 Å². The Hall–Kier alpha value is -0.710. The summed E-state index contributed by atoms with van der Waals surface area (Å²) in [4.78, 5) is 21.7. The molecule has 0 aromatic rings. The number of carbonyl (C=O) groups is 2. The van der Waals surface area contributed by atoms with Crippen LogP contribution in [0.4, 0.5) is 0 Å². The van der Waals surface area contributed by atoms with E-state index < -0.39 is 5.97 Å². The van der Waals surface area contributed by atoms with E-state index in [9.17, 15) is 9.59 Å². The Balaban J connectivity index is 1.98. The van der Waals surface area contributed by atoms with Crippen LogP contribution in [0.2, 0.25) is 0 Å². The highest BCUT2D eigenvalue weighted by Gasteiger charge is 2.14. The van der Waals surface area contributed by atoms with E-state index >= 15 is 0 Å². The molecule has 2 N–H and O–H groups in total. The smallest absolute Gasteiger partial charge is 0.303 e. The van der Waals surface area contributed by atoms with Gasteiger partial charge < -0.3 is 10.4 Å². The quantitative estimate of drug-likeness (QED) is 0.685. The molecule has 0 spiro atoms. The van der Waals surface area contributed by atoms with E-state index in [4.69, 9.17) is 5.11 Å². The molecule has 1 saturated heterocycles. The van der Waals surface area contributed by atoms with Gasteiger partial charge in [0.25, 0.3) is 0 Å². The molecule has 0 atom stereocenters. The zero-order valence-corrected chi connectivity index (χ0v) is 10.9. The van der Waals surface area contributed by atoms with Crippen LogP contribution in [-0.2, 0) is 9.59 Å². The van der Waals surface area contributed by atoms with Crippen LogP contribution in [0.25, 0.3) is 0 Å². The largest absolute Gasteiger partial charge is 0.481 e. The molecule has 0 radical (unpaired) electrons. The van der Waals surface area contributed by atoms with Gasteiger partial charge in [0.15, 0.2) is 0 Å². The predicted octanol–water partition coefficient (Wildman–Crippen LogP) is 1.89. The van der Waals surface area contributed by atoms with Crippen LogP contribution < -0.4 is 5.32 Å². The van der Waals surface area contributed by atoms with Crippen LogP contribution in [0.5, 0.6) is 0 Å². The summed E-state index contributed by atoms with van der Waals surface area (Å²) in [7, 11) is 0. The van der Waals surface area contributed by atoms with Crippen LogP contribution in [0, 0.1) is 5.92 Å². The molecule has 0 aromatic heterocycles. The fourth-order valence-electron chi connectivity index (χ4n) is 1.86. The van der Waals surface area contributed by atoms with Crippen molar-refractivity contribution in [3.05, 3.63) is 0 Å². The Labute approximate surface area is 107 Å². The van der Waals surface area contributed by atoms with Crippen molar-refractivity contribution in [2.45, 2.75) is 38.5 Å². The summed E-state index contributed by atoms with van der Waals surface area (Å²) in [5.74, 6) is 2.33. The van der Waals surface area contributed by atoms with Crippen molar-refractivity contribution in [3.63, 3.8) is 0 Å². The fourth-order valence-corrected chi connectivity index (χ4v) is 3.06. The molecular weight excluding hydrogens is 238 g/mol. The van der Waals surface area contributed by atoms with Crippen LogP contribution in [0.1, 0.15) is 38.5 Å². The highest BCUT2D eigenvalue weighted by atomic mass is 32.2. The molecule has 17 heavy (non-hydrogen) atoms. The molecule has 0 aliphatic carbocycles. The number of hydrogen-bond acceptors (Lipinski definition) is 3. The molecule has 5 heteroatoms. The lowest BCUT2D eigenvalue weighted by molar-refractivity contribution is -0.137. The first kappa shape index (κ1) is 14.4. The second-order valence-electron chi connectivity index (χ2n) is 4.46. The summed E-state index contributed by atoms with van der Waals surface area (Å²) in [6.07, 6.45) is 4.26. The number of thioether (sulfide) groups is 1. The summed E-state index contributed by atoms with van der Waals surface area (Å²) >= 11 is 1.98. The fraction of sp³-hybridized carbons (Fsp3) is 0.833. The maximum Gasteiger partial charge on any atom is 0.303 e. The Bertz CT molecular complexity index is 252. The van der Waals surface area contributed by atoms with Gasteiger partial charge >= 0.3 is 5.97 Å². The number of unbranched alkanes of at least 4 members (excludes halogenated alkanes) is 1. The first-order valence-electron chi connectivity index (χ1n) is 6.24. The SMILES string of the molecule is O=C(O)CCCCC(=O)NCC1CCSCC1. The van der Waals surface area contributed by atoms with Crippen molar-refractivity contribution in [2.24, 2.45) is 5.92 Å². The lowest BCUT2D eigenvalue weighted by Gasteiger charge is -2.21. The first-order valence-corrected chi connectivity index (χ1v) is 7.40. The topological polar surface area (TPSA) is 66.4 Å². The van der Waals surface area contributed by atoms with Crippen molar-refractivity contribution in [2.75, 3.05) is 18.1 Å². The molecular formula is C12H21NO3S. The molecule has 1 amide bonds. The summed E-state index contributed by atoms with van der Waals surface area (Å²) in [6.45, 7) is 0.790. The minimum absolute atomic E-state index is 0.0635. The van der Waals surface area contributed by atoms with Crippen molar-refractivity contribution in [3.8, 4) is 0 Å². The molecule has 0 saturated carbocycles. The maximum absolute atomic E-state index is 11.5. The van der Waals surface area contributed by atoms with Crippen LogP contribution in [0.3, 0.4) is 0 Å². The number of hydrogen-bond donors (Lipinski definition) is 2. The summed E-state index contributed by atoms with van der Waals surface area (Å²) in [6, 6.07) is 0. The Morgan fingerprint density at radius 3 is 2.47 bits per heavy atom. The Morgan fingerprint density at radius 1 is 1.18 bits per heavy atom. The van der Waals surface area contributed by atoms with Crippen molar-refractivity contribution >= 4 is 23.6 Å². The van der Waals surface area contributed by atoms with Gasteiger partial charge in [0.2, 0.25) is 5.91 Å². The van der Waals surface area contributed by atoms with E-state index in [1.54, 1.807) is 0 Å². The van der Waals surface area contributed by atoms with E-state index in [0.717, 1.165) is 6.54 Å². The molecule has 1 rings (SSSR count). The number of carboxylic acid groups (broad SMARTS) is 1. The molecule has 4 nitrogen and oxygen atoms in total. The van der Waals surface area contributed by atoms with Gasteiger partial charge in [0.05, 0.1) is 0 Å². The second kappa shape index (κ2) is 8.39. The first-order chi connectivity index (χ1) is 8.18. The minimum atomic E-state index is -0.787. The summed E-state index contributed by atoms with van der Waals surface area (Å²) in [5, 5.41) is 11.4. The average Bonchev–Trinajstić information content (AvgIpc) is 2.33. The zero-order chi connectivity index (χ0) is 12.5. The third kappa shape index (κ3) is 7.26. The normalized spacial score (nSPS) is 16.7. The molecule has 1 heterocycles. The average molecular weight is 259 g/mol. The van der Waals surface area contributed by atoms with Gasteiger partial charge in [0, 0.05) is 19.4 Å². The number of aliphatic carboxylic acids is 1. The van der Waals surface area contributed by atoms with E-state index in [1.807, 2.05) is 11.8 Å². The van der Waals surface area contributed by atoms with E-state index in [-0.39, 0.29) is 12.3 Å². The maximum atomic E-state index is 11.5. The second-order valence-corrected chi connectivity index (χ2v) is 5.69. The van der Waals surface area contributed by atoms with E-state index in [0.29, 0.717) is 25.2 Å². The molecule has 1 aliphatic heterocycles. The summed E-state index contributed by atoms with van der Waals surface area (Å²) in [5.41, 5.74) is 0. The van der Waals surface area contributed by atoms with Crippen molar-refractivity contribution in [1.29, 1.82) is 0 Å². The summed E-state index contributed by atoms with van der Waals surface area (Å²) < 4.78 is 0. The van der Waals surface area contributed by atoms with E-state index in [2.05, 4.69) is 5.32 Å². The number of amides is 1. The number of nitrogens with one attached hydrogen (secondary N) is 1. The zero-order valence-electron chi connectivity index (χ0n) is 10.1. The Morgan fingerprint density at radius 2 is 1.82 bits per heavy atom. The van der Waals surface area contributed by atoms with Crippen LogP contribution in [0.15, 0.2) is 0 Å². The van der Waals surface area contributed by atoms with Gasteiger partial charge in [-0.15, -0.1) is 0 Å². The lowest BCUT2D eigenvalue weighted by atomic mass is 10.0. The lowest BCUT2D eigenvalue weighted by Crippen LogP contribution is -2.30. The van der Waals surface area contributed by atoms with E-state index in [1.165, 1.54) is 24.3 Å². The molecule has 0 unspecified atom stereocenters.